The zero-order chi connectivity index (χ0) is 19.1. The summed E-state index contributed by atoms with van der Waals surface area (Å²) in [7, 11) is 0. The van der Waals surface area contributed by atoms with Crippen molar-refractivity contribution in [3.63, 3.8) is 0 Å². The predicted molar refractivity (Wildman–Crippen MR) is 107 cm³/mol. The normalized spacial score (nSPS) is 10.8. The molecule has 0 radical (unpaired) electrons. The first-order valence-electron chi connectivity index (χ1n) is 8.90. The number of nitrogens with zero attached hydrogens (tertiary/aromatic N) is 1. The molecule has 0 bridgehead atoms. The third-order valence-corrected chi connectivity index (χ3v) is 4.27. The van der Waals surface area contributed by atoms with Crippen LogP contribution >= 0.6 is 0 Å². The topological polar surface area (TPSA) is 49.4 Å². The van der Waals surface area contributed by atoms with E-state index in [0.717, 1.165) is 11.1 Å². The monoisotopic (exact) mass is 350 g/mol. The van der Waals surface area contributed by atoms with Gasteiger partial charge < -0.3 is 10.2 Å². The molecule has 2 aromatic carbocycles. The Kier molecular flexibility index (Phi) is 6.73. The molecule has 136 valence electrons. The summed E-state index contributed by atoms with van der Waals surface area (Å²) in [6, 6.07) is 13.1. The van der Waals surface area contributed by atoms with E-state index < -0.39 is 0 Å². The molecular weight excluding hydrogens is 324 g/mol. The Morgan fingerprint density at radius 2 is 1.77 bits per heavy atom. The molecule has 0 spiro atoms. The fourth-order valence-corrected chi connectivity index (χ4v) is 2.79. The number of carbonyl (C=O) groups excluding carboxylic acids is 2. The van der Waals surface area contributed by atoms with Gasteiger partial charge in [-0.15, -0.1) is 0 Å². The molecule has 4 nitrogen and oxygen atoms in total. The lowest BCUT2D eigenvalue weighted by Gasteiger charge is -2.18. The molecule has 0 unspecified atom stereocenters. The first kappa shape index (κ1) is 19.4. The third-order valence-electron chi connectivity index (χ3n) is 4.27. The molecule has 2 aromatic rings. The minimum absolute atomic E-state index is 0.0306. The molecule has 2 amide bonds. The van der Waals surface area contributed by atoms with Crippen molar-refractivity contribution in [3.8, 4) is 0 Å². The van der Waals surface area contributed by atoms with Gasteiger partial charge in [0, 0.05) is 30.4 Å². The number of rotatable bonds is 6. The third kappa shape index (κ3) is 5.06. The number of hydrogen-bond donors (Lipinski definition) is 1. The van der Waals surface area contributed by atoms with Gasteiger partial charge in [-0.2, -0.15) is 0 Å². The van der Waals surface area contributed by atoms with Gasteiger partial charge >= 0.3 is 0 Å². The molecule has 0 aliphatic carbocycles. The Morgan fingerprint density at radius 1 is 1.04 bits per heavy atom. The lowest BCUT2D eigenvalue weighted by atomic mass is 10.1. The van der Waals surface area contributed by atoms with E-state index in [-0.39, 0.29) is 11.8 Å². The van der Waals surface area contributed by atoms with Gasteiger partial charge in [-0.3, -0.25) is 9.59 Å². The summed E-state index contributed by atoms with van der Waals surface area (Å²) in [5.41, 5.74) is 4.51. The Morgan fingerprint density at radius 3 is 2.42 bits per heavy atom. The minimum atomic E-state index is -0.225. The van der Waals surface area contributed by atoms with Crippen molar-refractivity contribution in [2.24, 2.45) is 0 Å². The molecule has 2 rings (SSSR count). The Bertz CT molecular complexity index is 821. The second-order valence-electron chi connectivity index (χ2n) is 6.24. The van der Waals surface area contributed by atoms with Crippen molar-refractivity contribution < 1.29 is 9.59 Å². The van der Waals surface area contributed by atoms with Gasteiger partial charge in [0.1, 0.15) is 0 Å². The van der Waals surface area contributed by atoms with Crippen molar-refractivity contribution in [3.05, 3.63) is 70.8 Å². The highest BCUT2D eigenvalue weighted by molar-refractivity contribution is 6.03. The van der Waals surface area contributed by atoms with Crippen LogP contribution in [0, 0.1) is 13.8 Å². The Hall–Kier alpha value is -2.88. The van der Waals surface area contributed by atoms with Crippen molar-refractivity contribution in [2.45, 2.75) is 27.7 Å². The lowest BCUT2D eigenvalue weighted by Crippen LogP contribution is -2.30. The average molecular weight is 350 g/mol. The van der Waals surface area contributed by atoms with Crippen LogP contribution in [0.4, 0.5) is 5.69 Å². The standard InChI is InChI=1S/C22H26N2O2/c1-5-24(6-2)22(26)19-8-7-9-20(15-19)23-21(25)13-12-18-11-10-16(3)14-17(18)4/h7-15H,5-6H2,1-4H3,(H,23,25)/b13-12+. The van der Waals surface area contributed by atoms with Gasteiger partial charge in [0.15, 0.2) is 0 Å². The van der Waals surface area contributed by atoms with Gasteiger partial charge in [0.05, 0.1) is 0 Å². The number of benzene rings is 2. The number of carbonyl (C=O) groups is 2. The maximum absolute atomic E-state index is 12.4. The minimum Gasteiger partial charge on any atom is -0.339 e. The molecule has 0 fully saturated rings. The highest BCUT2D eigenvalue weighted by Crippen LogP contribution is 2.14. The average Bonchev–Trinajstić information content (AvgIpc) is 2.62. The van der Waals surface area contributed by atoms with Gasteiger partial charge in [0.25, 0.3) is 5.91 Å². The number of nitrogens with one attached hydrogen (secondary N) is 1. The Balaban J connectivity index is 2.08. The molecule has 0 aliphatic heterocycles. The molecule has 0 saturated heterocycles. The van der Waals surface area contributed by atoms with Crippen LogP contribution in [-0.2, 0) is 4.79 Å². The second kappa shape index (κ2) is 8.99. The quantitative estimate of drug-likeness (QED) is 0.783. The number of amides is 2. The largest absolute Gasteiger partial charge is 0.339 e. The summed E-state index contributed by atoms with van der Waals surface area (Å²) in [5, 5.41) is 2.82. The first-order valence-corrected chi connectivity index (χ1v) is 8.90. The van der Waals surface area contributed by atoms with E-state index in [1.54, 1.807) is 35.2 Å². The van der Waals surface area contributed by atoms with Crippen molar-refractivity contribution in [1.29, 1.82) is 0 Å². The van der Waals surface area contributed by atoms with Crippen molar-refractivity contribution in [1.82, 2.24) is 4.90 Å². The smallest absolute Gasteiger partial charge is 0.253 e. The van der Waals surface area contributed by atoms with Crippen LogP contribution in [0.1, 0.15) is 40.9 Å². The molecule has 0 atom stereocenters. The van der Waals surface area contributed by atoms with Gasteiger partial charge in [-0.05, 0) is 63.1 Å². The van der Waals surface area contributed by atoms with Crippen LogP contribution < -0.4 is 5.32 Å². The summed E-state index contributed by atoms with van der Waals surface area (Å²) in [5.74, 6) is -0.255. The van der Waals surface area contributed by atoms with Crippen LogP contribution in [-0.4, -0.2) is 29.8 Å². The summed E-state index contributed by atoms with van der Waals surface area (Å²) in [6.07, 6.45) is 3.31. The van der Waals surface area contributed by atoms with Crippen LogP contribution in [0.2, 0.25) is 0 Å². The predicted octanol–water partition coefficient (Wildman–Crippen LogP) is 4.44. The molecule has 4 heteroatoms. The van der Waals surface area contributed by atoms with Crippen LogP contribution in [0.3, 0.4) is 0 Å². The van der Waals surface area contributed by atoms with E-state index in [0.29, 0.717) is 24.3 Å². The number of anilines is 1. The molecule has 0 saturated carbocycles. The van der Waals surface area contributed by atoms with E-state index in [1.165, 1.54) is 11.6 Å². The molecule has 0 heterocycles. The van der Waals surface area contributed by atoms with E-state index in [9.17, 15) is 9.59 Å². The molecule has 26 heavy (non-hydrogen) atoms. The highest BCUT2D eigenvalue weighted by atomic mass is 16.2. The summed E-state index contributed by atoms with van der Waals surface area (Å²) < 4.78 is 0. The summed E-state index contributed by atoms with van der Waals surface area (Å²) >= 11 is 0. The maximum Gasteiger partial charge on any atom is 0.253 e. The van der Waals surface area contributed by atoms with E-state index >= 15 is 0 Å². The van der Waals surface area contributed by atoms with E-state index in [2.05, 4.69) is 11.4 Å². The number of hydrogen-bond acceptors (Lipinski definition) is 2. The maximum atomic E-state index is 12.4. The zero-order valence-electron chi connectivity index (χ0n) is 15.9. The van der Waals surface area contributed by atoms with Crippen LogP contribution in [0.5, 0.6) is 0 Å². The molecular formula is C22H26N2O2. The number of aryl methyl sites for hydroxylation is 2. The Labute approximate surface area is 155 Å². The van der Waals surface area contributed by atoms with Crippen LogP contribution in [0.25, 0.3) is 6.08 Å². The molecule has 0 aromatic heterocycles. The SMILES string of the molecule is CCN(CC)C(=O)c1cccc(NC(=O)/C=C/c2ccc(C)cc2C)c1. The zero-order valence-corrected chi connectivity index (χ0v) is 15.9. The van der Waals surface area contributed by atoms with Gasteiger partial charge in [-0.25, -0.2) is 0 Å². The van der Waals surface area contributed by atoms with E-state index in [4.69, 9.17) is 0 Å². The van der Waals surface area contributed by atoms with Crippen LogP contribution in [0.15, 0.2) is 48.5 Å². The van der Waals surface area contributed by atoms with Gasteiger partial charge in [-0.1, -0.05) is 29.8 Å². The summed E-state index contributed by atoms with van der Waals surface area (Å²) in [6.45, 7) is 9.28. The fraction of sp³-hybridized carbons (Fsp3) is 0.273. The molecule has 1 N–H and O–H groups in total. The summed E-state index contributed by atoms with van der Waals surface area (Å²) in [4.78, 5) is 26.4. The van der Waals surface area contributed by atoms with Crippen molar-refractivity contribution in [2.75, 3.05) is 18.4 Å². The lowest BCUT2D eigenvalue weighted by molar-refractivity contribution is -0.111. The van der Waals surface area contributed by atoms with E-state index in [1.807, 2.05) is 39.8 Å². The fourth-order valence-electron chi connectivity index (χ4n) is 2.79. The molecule has 0 aliphatic rings. The van der Waals surface area contributed by atoms with Gasteiger partial charge in [0.2, 0.25) is 5.91 Å². The second-order valence-corrected chi connectivity index (χ2v) is 6.24. The van der Waals surface area contributed by atoms with Crippen molar-refractivity contribution >= 4 is 23.6 Å². The highest BCUT2D eigenvalue weighted by Gasteiger charge is 2.12. The first-order chi connectivity index (χ1) is 12.4.